The van der Waals surface area contributed by atoms with Gasteiger partial charge < -0.3 is 5.32 Å². The average Bonchev–Trinajstić information content (AvgIpc) is 2.73. The third-order valence-electron chi connectivity index (χ3n) is 5.16. The van der Waals surface area contributed by atoms with Gasteiger partial charge in [-0.1, -0.05) is 42.8 Å². The molecule has 3 rings (SSSR count). The van der Waals surface area contributed by atoms with E-state index < -0.39 is 0 Å². The number of nitriles is 1. The number of rotatable bonds is 7. The van der Waals surface area contributed by atoms with Crippen LogP contribution in [-0.2, 0) is 24.3 Å². The zero-order valence-corrected chi connectivity index (χ0v) is 15.8. The third kappa shape index (κ3) is 5.94. The molecule has 27 heavy (non-hydrogen) atoms. The maximum absolute atomic E-state index is 12.2. The second kappa shape index (κ2) is 9.89. The molecule has 1 aliphatic rings. The Kier molecular flexibility index (Phi) is 7.01. The highest BCUT2D eigenvalue weighted by Crippen LogP contribution is 2.16. The lowest BCUT2D eigenvalue weighted by atomic mass is 10.0. The quantitative estimate of drug-likeness (QED) is 0.816. The second-order valence-corrected chi connectivity index (χ2v) is 7.19. The molecule has 0 aliphatic carbocycles. The molecule has 0 radical (unpaired) electrons. The number of amides is 1. The van der Waals surface area contributed by atoms with Crippen molar-refractivity contribution < 1.29 is 4.79 Å². The second-order valence-electron chi connectivity index (χ2n) is 7.19. The van der Waals surface area contributed by atoms with Crippen molar-refractivity contribution in [1.82, 2.24) is 10.2 Å². The van der Waals surface area contributed by atoms with Crippen molar-refractivity contribution in [3.8, 4) is 6.07 Å². The number of nitrogens with one attached hydrogen (secondary N) is 1. The van der Waals surface area contributed by atoms with Crippen LogP contribution in [-0.4, -0.2) is 23.9 Å². The summed E-state index contributed by atoms with van der Waals surface area (Å²) in [5.74, 6) is 0.0622. The number of nitrogens with zero attached hydrogens (tertiary/aromatic N) is 2. The van der Waals surface area contributed by atoms with Gasteiger partial charge in [-0.25, -0.2) is 0 Å². The Morgan fingerprint density at radius 1 is 1.00 bits per heavy atom. The largest absolute Gasteiger partial charge is 0.352 e. The van der Waals surface area contributed by atoms with Gasteiger partial charge in [0.2, 0.25) is 5.91 Å². The molecule has 0 bridgehead atoms. The fraction of sp³-hybridized carbons (Fsp3) is 0.391. The fourth-order valence-corrected chi connectivity index (χ4v) is 3.53. The van der Waals surface area contributed by atoms with E-state index in [0.29, 0.717) is 24.9 Å². The van der Waals surface area contributed by atoms with E-state index in [0.717, 1.165) is 12.1 Å². The van der Waals surface area contributed by atoms with Gasteiger partial charge >= 0.3 is 0 Å². The number of carbonyl (C=O) groups excluding carboxylic acids is 1. The predicted octanol–water partition coefficient (Wildman–Crippen LogP) is 3.79. The Balaban J connectivity index is 1.48. The van der Waals surface area contributed by atoms with Crippen LogP contribution in [0.1, 0.15) is 47.9 Å². The van der Waals surface area contributed by atoms with E-state index in [4.69, 9.17) is 5.26 Å². The normalized spacial score (nSPS) is 14.5. The average molecular weight is 361 g/mol. The monoisotopic (exact) mass is 361 g/mol. The number of benzene rings is 2. The number of hydrogen-bond donors (Lipinski definition) is 1. The van der Waals surface area contributed by atoms with E-state index in [2.05, 4.69) is 34.5 Å². The molecule has 1 saturated heterocycles. The van der Waals surface area contributed by atoms with Crippen LogP contribution in [0.4, 0.5) is 0 Å². The summed E-state index contributed by atoms with van der Waals surface area (Å²) in [6.07, 6.45) is 5.06. The zero-order valence-electron chi connectivity index (χ0n) is 15.8. The van der Waals surface area contributed by atoms with Crippen LogP contribution in [0.15, 0.2) is 48.5 Å². The molecule has 1 fully saturated rings. The molecule has 0 aromatic heterocycles. The molecule has 0 unspecified atom stereocenters. The van der Waals surface area contributed by atoms with E-state index in [-0.39, 0.29) is 5.91 Å². The van der Waals surface area contributed by atoms with Crippen molar-refractivity contribution in [3.63, 3.8) is 0 Å². The van der Waals surface area contributed by atoms with E-state index in [1.807, 2.05) is 18.2 Å². The number of hydrogen-bond acceptors (Lipinski definition) is 3. The minimum absolute atomic E-state index is 0.0622. The Labute approximate surface area is 161 Å². The summed E-state index contributed by atoms with van der Waals surface area (Å²) in [6.45, 7) is 3.89. The van der Waals surface area contributed by atoms with E-state index in [1.165, 1.54) is 43.5 Å². The molecule has 140 valence electrons. The lowest BCUT2D eigenvalue weighted by molar-refractivity contribution is -0.121. The fourth-order valence-electron chi connectivity index (χ4n) is 3.53. The number of piperidine rings is 1. The highest BCUT2D eigenvalue weighted by Gasteiger charge is 2.12. The highest BCUT2D eigenvalue weighted by atomic mass is 16.1. The molecule has 2 aromatic rings. The van der Waals surface area contributed by atoms with Gasteiger partial charge in [-0.05, 0) is 61.2 Å². The van der Waals surface area contributed by atoms with Crippen molar-refractivity contribution in [1.29, 1.82) is 5.26 Å². The number of carbonyl (C=O) groups is 1. The molecule has 4 nitrogen and oxygen atoms in total. The first-order valence-electron chi connectivity index (χ1n) is 9.79. The minimum atomic E-state index is 0.0622. The van der Waals surface area contributed by atoms with Gasteiger partial charge in [0.15, 0.2) is 0 Å². The molecular weight excluding hydrogens is 334 g/mol. The Morgan fingerprint density at radius 2 is 1.70 bits per heavy atom. The van der Waals surface area contributed by atoms with E-state index in [9.17, 15) is 4.79 Å². The summed E-state index contributed by atoms with van der Waals surface area (Å²) in [4.78, 5) is 14.7. The molecule has 0 saturated carbocycles. The lowest BCUT2D eigenvalue weighted by Crippen LogP contribution is -2.30. The van der Waals surface area contributed by atoms with Gasteiger partial charge in [-0.2, -0.15) is 5.26 Å². The lowest BCUT2D eigenvalue weighted by Gasteiger charge is -2.27. The van der Waals surface area contributed by atoms with Crippen LogP contribution in [0, 0.1) is 11.3 Å². The maximum Gasteiger partial charge on any atom is 0.220 e. The van der Waals surface area contributed by atoms with Crippen LogP contribution in [0.2, 0.25) is 0 Å². The van der Waals surface area contributed by atoms with Gasteiger partial charge in [0.25, 0.3) is 0 Å². The van der Waals surface area contributed by atoms with Crippen LogP contribution < -0.4 is 5.32 Å². The number of likely N-dealkylation sites (tertiary alicyclic amines) is 1. The van der Waals surface area contributed by atoms with Gasteiger partial charge in [0.1, 0.15) is 0 Å². The Bertz CT molecular complexity index is 786. The first kappa shape index (κ1) is 19.1. The summed E-state index contributed by atoms with van der Waals surface area (Å²) in [5, 5.41) is 11.9. The first-order valence-corrected chi connectivity index (χ1v) is 9.79. The van der Waals surface area contributed by atoms with E-state index >= 15 is 0 Å². The first-order chi connectivity index (χ1) is 13.2. The van der Waals surface area contributed by atoms with Crippen molar-refractivity contribution >= 4 is 5.91 Å². The molecule has 0 spiro atoms. The minimum Gasteiger partial charge on any atom is -0.352 e. The van der Waals surface area contributed by atoms with Gasteiger partial charge in [0.05, 0.1) is 11.6 Å². The standard InChI is InChI=1S/C23H27N3O/c24-16-20-10-8-19(9-11-20)12-13-23(27)25-17-21-6-2-3-7-22(21)18-26-14-4-1-5-15-26/h2-3,6-11H,1,4-5,12-15,17-18H2,(H,25,27). The molecule has 0 atom stereocenters. The van der Waals surface area contributed by atoms with Gasteiger partial charge in [-0.3, -0.25) is 9.69 Å². The summed E-state index contributed by atoms with van der Waals surface area (Å²) >= 11 is 0. The zero-order chi connectivity index (χ0) is 18.9. The van der Waals surface area contributed by atoms with Crippen molar-refractivity contribution in [3.05, 3.63) is 70.8 Å². The Hall–Kier alpha value is -2.64. The van der Waals surface area contributed by atoms with Crippen molar-refractivity contribution in [2.75, 3.05) is 13.1 Å². The van der Waals surface area contributed by atoms with Gasteiger partial charge in [0, 0.05) is 19.5 Å². The van der Waals surface area contributed by atoms with Crippen LogP contribution in [0.25, 0.3) is 0 Å². The molecule has 2 aromatic carbocycles. The molecule has 1 heterocycles. The van der Waals surface area contributed by atoms with E-state index in [1.54, 1.807) is 12.1 Å². The van der Waals surface area contributed by atoms with Crippen LogP contribution in [0.5, 0.6) is 0 Å². The summed E-state index contributed by atoms with van der Waals surface area (Å²) < 4.78 is 0. The molecule has 1 N–H and O–H groups in total. The highest BCUT2D eigenvalue weighted by molar-refractivity contribution is 5.76. The Morgan fingerprint density at radius 3 is 2.41 bits per heavy atom. The summed E-state index contributed by atoms with van der Waals surface area (Å²) in [6, 6.07) is 17.9. The summed E-state index contributed by atoms with van der Waals surface area (Å²) in [7, 11) is 0. The van der Waals surface area contributed by atoms with Crippen molar-refractivity contribution in [2.24, 2.45) is 0 Å². The van der Waals surface area contributed by atoms with Crippen LogP contribution in [0.3, 0.4) is 0 Å². The molecule has 1 amide bonds. The molecular formula is C23H27N3O. The molecule has 4 heteroatoms. The van der Waals surface area contributed by atoms with Crippen molar-refractivity contribution in [2.45, 2.75) is 45.2 Å². The number of aryl methyl sites for hydroxylation is 1. The maximum atomic E-state index is 12.2. The molecule has 1 aliphatic heterocycles. The predicted molar refractivity (Wildman–Crippen MR) is 107 cm³/mol. The third-order valence-corrected chi connectivity index (χ3v) is 5.16. The summed E-state index contributed by atoms with van der Waals surface area (Å²) in [5.41, 5.74) is 4.24. The van der Waals surface area contributed by atoms with Gasteiger partial charge in [-0.15, -0.1) is 0 Å². The SMILES string of the molecule is N#Cc1ccc(CCC(=O)NCc2ccccc2CN2CCCCC2)cc1. The topological polar surface area (TPSA) is 56.1 Å². The smallest absolute Gasteiger partial charge is 0.220 e. The van der Waals surface area contributed by atoms with Crippen LogP contribution >= 0.6 is 0 Å².